The van der Waals surface area contributed by atoms with Gasteiger partial charge in [0, 0.05) is 38.9 Å². The highest BCUT2D eigenvalue weighted by molar-refractivity contribution is 5.66. The van der Waals surface area contributed by atoms with Crippen molar-refractivity contribution in [2.24, 2.45) is 5.92 Å². The fraction of sp³-hybridized carbons (Fsp3) is 0.615. The Bertz CT molecular complexity index is 882. The molecule has 1 fully saturated rings. The summed E-state index contributed by atoms with van der Waals surface area (Å²) in [7, 11) is 5.43. The lowest BCUT2D eigenvalue weighted by molar-refractivity contribution is -0.152. The van der Waals surface area contributed by atoms with Gasteiger partial charge in [-0.3, -0.25) is 0 Å². The molecule has 0 radical (unpaired) electrons. The van der Waals surface area contributed by atoms with Gasteiger partial charge in [-0.25, -0.2) is 0 Å². The number of benzene rings is 1. The van der Waals surface area contributed by atoms with Gasteiger partial charge in [-0.05, 0) is 38.8 Å². The third-order valence-electron chi connectivity index (χ3n) is 6.17. The molecule has 0 saturated carbocycles. The normalized spacial score (nSPS) is 32.4. The molecule has 2 aliphatic heterocycles. The van der Waals surface area contributed by atoms with Crippen LogP contribution in [0.25, 0.3) is 6.08 Å². The summed E-state index contributed by atoms with van der Waals surface area (Å²) in [5, 5.41) is 21.9. The van der Waals surface area contributed by atoms with Gasteiger partial charge in [0.05, 0.1) is 17.8 Å². The predicted octanol–water partition coefficient (Wildman–Crippen LogP) is 3.62. The van der Waals surface area contributed by atoms with Crippen molar-refractivity contribution < 1.29 is 33.9 Å². The summed E-state index contributed by atoms with van der Waals surface area (Å²) in [6.07, 6.45) is 4.78. The van der Waals surface area contributed by atoms with Crippen LogP contribution in [-0.4, -0.2) is 68.4 Å². The van der Waals surface area contributed by atoms with E-state index in [0.717, 1.165) is 11.3 Å². The van der Waals surface area contributed by atoms with Gasteiger partial charge in [-0.1, -0.05) is 31.2 Å². The number of rotatable bonds is 4. The lowest BCUT2D eigenvalue weighted by atomic mass is 9.98. The molecule has 0 amide bonds. The van der Waals surface area contributed by atoms with Gasteiger partial charge < -0.3 is 38.8 Å². The van der Waals surface area contributed by atoms with Crippen LogP contribution in [-0.2, 0) is 18.9 Å². The van der Waals surface area contributed by atoms with Crippen molar-refractivity contribution in [2.75, 3.05) is 32.9 Å². The van der Waals surface area contributed by atoms with Crippen LogP contribution in [0.2, 0.25) is 0 Å². The fourth-order valence-corrected chi connectivity index (χ4v) is 4.15. The van der Waals surface area contributed by atoms with Crippen molar-refractivity contribution in [1.82, 2.24) is 0 Å². The Morgan fingerprint density at radius 2 is 1.85 bits per heavy atom. The summed E-state index contributed by atoms with van der Waals surface area (Å²) in [4.78, 5) is 1.96. The zero-order valence-corrected chi connectivity index (χ0v) is 21.2. The molecule has 1 unspecified atom stereocenters. The second kappa shape index (κ2) is 11.2. The Balaban J connectivity index is 2.08. The number of aliphatic hydroxyl groups is 2. The Morgan fingerprint density at radius 3 is 2.53 bits per heavy atom. The van der Waals surface area contributed by atoms with Gasteiger partial charge >= 0.3 is 0 Å². The molecule has 2 aliphatic rings. The van der Waals surface area contributed by atoms with E-state index >= 15 is 0 Å². The number of nitrogens with zero attached hydrogens (tertiary/aromatic N) is 1. The summed E-state index contributed by atoms with van der Waals surface area (Å²) >= 11 is 0. The summed E-state index contributed by atoms with van der Waals surface area (Å²) < 4.78 is 29.1. The largest absolute Gasteiger partial charge is 0.467 e. The Morgan fingerprint density at radius 1 is 1.12 bits per heavy atom. The van der Waals surface area contributed by atoms with Crippen molar-refractivity contribution in [1.29, 1.82) is 0 Å². The Labute approximate surface area is 202 Å². The summed E-state index contributed by atoms with van der Waals surface area (Å²) in [5.41, 5.74) is 2.19. The minimum Gasteiger partial charge on any atom is -0.467 e. The van der Waals surface area contributed by atoms with Crippen molar-refractivity contribution in [3.63, 3.8) is 0 Å². The van der Waals surface area contributed by atoms with E-state index in [0.29, 0.717) is 17.7 Å². The number of hydrogen-bond donors (Lipinski definition) is 2. The fourth-order valence-electron chi connectivity index (χ4n) is 4.15. The van der Waals surface area contributed by atoms with Gasteiger partial charge in [0.2, 0.25) is 0 Å². The molecule has 1 aromatic rings. The molecule has 2 heterocycles. The van der Waals surface area contributed by atoms with Gasteiger partial charge in [0.1, 0.15) is 18.0 Å². The van der Waals surface area contributed by atoms with E-state index in [-0.39, 0.29) is 24.9 Å². The second-order valence-corrected chi connectivity index (χ2v) is 9.60. The smallest absolute Gasteiger partial charge is 0.188 e. The second-order valence-electron chi connectivity index (χ2n) is 9.60. The molecule has 3 rings (SSSR count). The van der Waals surface area contributed by atoms with Crippen LogP contribution in [0, 0.1) is 5.92 Å². The maximum Gasteiger partial charge on any atom is 0.188 e. The first kappa shape index (κ1) is 26.7. The molecule has 0 bridgehead atoms. The molecule has 0 spiro atoms. The Hall–Kier alpha value is -1.94. The van der Waals surface area contributed by atoms with Crippen LogP contribution in [0.1, 0.15) is 51.5 Å². The van der Waals surface area contributed by atoms with Crippen molar-refractivity contribution in [3.8, 4) is 5.75 Å². The van der Waals surface area contributed by atoms with Crippen LogP contribution < -0.4 is 9.64 Å². The maximum absolute atomic E-state index is 11.1. The number of fused-ring (bicyclic) bond motifs is 2. The van der Waals surface area contributed by atoms with E-state index in [9.17, 15) is 10.2 Å². The standard InChI is InChI=1S/C26H39NO7/c1-16-11-12-20(28)24-21(33-26(3,4)34-24)10-8-9-18-13-19(27(5)6)14-22(31-15-30-7)23(18)25(29)32-17(16)2/h8-9,11-14,16-17,20-21,24-25,28-29H,10,15H2,1-7H3/b9-8?,12-11-/t16-,17+,20+,21+,24?,25+/m1/s1. The maximum atomic E-state index is 11.1. The third kappa shape index (κ3) is 6.38. The first-order valence-electron chi connectivity index (χ1n) is 11.7. The van der Waals surface area contributed by atoms with Crippen molar-refractivity contribution in [2.45, 2.75) is 70.6 Å². The molecule has 0 aromatic heterocycles. The molecule has 6 atom stereocenters. The molecule has 8 heteroatoms. The van der Waals surface area contributed by atoms with E-state index < -0.39 is 24.3 Å². The first-order valence-corrected chi connectivity index (χ1v) is 11.7. The zero-order chi connectivity index (χ0) is 25.0. The van der Waals surface area contributed by atoms with Crippen molar-refractivity contribution in [3.05, 3.63) is 41.5 Å². The van der Waals surface area contributed by atoms with E-state index in [1.807, 2.05) is 77.1 Å². The number of aliphatic hydroxyl groups excluding tert-OH is 2. The average molecular weight is 478 g/mol. The summed E-state index contributed by atoms with van der Waals surface area (Å²) in [5.74, 6) is -0.386. The molecule has 8 nitrogen and oxygen atoms in total. The van der Waals surface area contributed by atoms with Crippen LogP contribution in [0.15, 0.2) is 30.4 Å². The van der Waals surface area contributed by atoms with Gasteiger partial charge in [-0.15, -0.1) is 0 Å². The molecule has 1 saturated heterocycles. The van der Waals surface area contributed by atoms with E-state index in [1.54, 1.807) is 13.2 Å². The molecule has 0 aliphatic carbocycles. The van der Waals surface area contributed by atoms with Crippen LogP contribution in [0.5, 0.6) is 5.75 Å². The number of ether oxygens (including phenoxy) is 5. The summed E-state index contributed by atoms with van der Waals surface area (Å²) in [6.45, 7) is 7.59. The Kier molecular flexibility index (Phi) is 8.78. The monoisotopic (exact) mass is 477 g/mol. The van der Waals surface area contributed by atoms with Gasteiger partial charge in [-0.2, -0.15) is 0 Å². The lowest BCUT2D eigenvalue weighted by Crippen LogP contribution is -2.34. The SMILES string of the molecule is COCOc1cc(N(C)C)cc2c1[C@@H](O)O[C@@H](C)[C@H](C)/C=C\[C@H](O)C1OC(C)(C)O[C@H]1CC=C2. The van der Waals surface area contributed by atoms with Crippen LogP contribution in [0.4, 0.5) is 5.69 Å². The number of anilines is 1. The number of methoxy groups -OCH3 is 1. The molecule has 34 heavy (non-hydrogen) atoms. The summed E-state index contributed by atoms with van der Waals surface area (Å²) in [6, 6.07) is 3.83. The van der Waals surface area contributed by atoms with E-state index in [4.69, 9.17) is 23.7 Å². The topological polar surface area (TPSA) is 89.9 Å². The minimum atomic E-state index is -1.22. The zero-order valence-electron chi connectivity index (χ0n) is 21.2. The highest BCUT2D eigenvalue weighted by Crippen LogP contribution is 2.37. The quantitative estimate of drug-likeness (QED) is 0.502. The molecule has 2 N–H and O–H groups in total. The minimum absolute atomic E-state index is 0.0380. The highest BCUT2D eigenvalue weighted by atomic mass is 16.8. The first-order chi connectivity index (χ1) is 16.0. The van der Waals surface area contributed by atoms with Crippen LogP contribution in [0.3, 0.4) is 0 Å². The van der Waals surface area contributed by atoms with Crippen LogP contribution >= 0.6 is 0 Å². The lowest BCUT2D eigenvalue weighted by Gasteiger charge is -2.27. The van der Waals surface area contributed by atoms with E-state index in [1.165, 1.54) is 0 Å². The molecular weight excluding hydrogens is 438 g/mol. The highest BCUT2D eigenvalue weighted by Gasteiger charge is 2.43. The molecule has 1 aromatic carbocycles. The van der Waals surface area contributed by atoms with E-state index in [2.05, 4.69) is 0 Å². The average Bonchev–Trinajstić information content (AvgIpc) is 3.08. The number of hydrogen-bond acceptors (Lipinski definition) is 8. The van der Waals surface area contributed by atoms with Gasteiger partial charge in [0.15, 0.2) is 18.9 Å². The molecular formula is C26H39NO7. The van der Waals surface area contributed by atoms with Gasteiger partial charge in [0.25, 0.3) is 0 Å². The predicted molar refractivity (Wildman–Crippen MR) is 131 cm³/mol. The third-order valence-corrected chi connectivity index (χ3v) is 6.17. The van der Waals surface area contributed by atoms with Crippen molar-refractivity contribution >= 4 is 11.8 Å². The molecule has 190 valence electrons.